The third-order valence-corrected chi connectivity index (χ3v) is 6.68. The molecule has 0 radical (unpaired) electrons. The molecule has 1 aliphatic heterocycles. The lowest BCUT2D eigenvalue weighted by Gasteiger charge is -2.27. The third-order valence-electron chi connectivity index (χ3n) is 4.89. The smallest absolute Gasteiger partial charge is 0.256 e. The van der Waals surface area contributed by atoms with Gasteiger partial charge in [0.2, 0.25) is 0 Å². The van der Waals surface area contributed by atoms with Crippen molar-refractivity contribution in [1.82, 2.24) is 5.32 Å². The first kappa shape index (κ1) is 16.7. The van der Waals surface area contributed by atoms with Gasteiger partial charge in [-0.15, -0.1) is 11.3 Å². The molecule has 0 fully saturated rings. The fourth-order valence-electron chi connectivity index (χ4n) is 3.55. The molecule has 1 amide bonds. The van der Waals surface area contributed by atoms with Gasteiger partial charge < -0.3 is 20.5 Å². The molecule has 1 aromatic carbocycles. The van der Waals surface area contributed by atoms with Gasteiger partial charge in [0.25, 0.3) is 5.91 Å². The van der Waals surface area contributed by atoms with E-state index >= 15 is 0 Å². The van der Waals surface area contributed by atoms with Crippen LogP contribution >= 0.6 is 27.3 Å². The summed E-state index contributed by atoms with van der Waals surface area (Å²) in [7, 11) is 1.50. The average Bonchev–Trinajstić information content (AvgIpc) is 2.94. The number of aromatic hydroxyl groups is 1. The molecular weight excluding hydrogens is 404 g/mol. The molecular formula is C18H19BrN2O3S. The highest BCUT2D eigenvalue weighted by Crippen LogP contribution is 2.44. The molecule has 1 aromatic heterocycles. The number of fused-ring (bicyclic) bond motifs is 3. The number of phenols is 1. The molecule has 25 heavy (non-hydrogen) atoms. The van der Waals surface area contributed by atoms with Gasteiger partial charge in [-0.2, -0.15) is 0 Å². The van der Waals surface area contributed by atoms with Crippen LogP contribution in [0, 0.1) is 5.92 Å². The number of nitrogens with one attached hydrogen (secondary N) is 2. The number of carbonyl (C=O) groups is 1. The highest BCUT2D eigenvalue weighted by Gasteiger charge is 2.33. The molecule has 132 valence electrons. The van der Waals surface area contributed by atoms with E-state index in [-0.39, 0.29) is 17.8 Å². The van der Waals surface area contributed by atoms with Crippen LogP contribution in [0.4, 0.5) is 5.00 Å². The van der Waals surface area contributed by atoms with Gasteiger partial charge in [-0.1, -0.05) is 6.92 Å². The van der Waals surface area contributed by atoms with Crippen molar-refractivity contribution in [3.63, 3.8) is 0 Å². The molecule has 5 nitrogen and oxygen atoms in total. The van der Waals surface area contributed by atoms with Crippen molar-refractivity contribution in [2.24, 2.45) is 5.92 Å². The van der Waals surface area contributed by atoms with Crippen molar-refractivity contribution >= 4 is 38.2 Å². The number of ether oxygens (including phenoxy) is 1. The molecule has 2 aromatic rings. The second kappa shape index (κ2) is 6.21. The Labute approximate surface area is 158 Å². The van der Waals surface area contributed by atoms with E-state index in [9.17, 15) is 9.90 Å². The van der Waals surface area contributed by atoms with Gasteiger partial charge in [-0.05, 0) is 64.4 Å². The summed E-state index contributed by atoms with van der Waals surface area (Å²) in [5.74, 6) is 1.05. The number of hydrogen-bond donors (Lipinski definition) is 3. The minimum Gasteiger partial charge on any atom is -0.503 e. The number of carbonyl (C=O) groups excluding carboxylic acids is 1. The van der Waals surface area contributed by atoms with E-state index in [0.29, 0.717) is 16.1 Å². The molecule has 2 unspecified atom stereocenters. The molecule has 2 heterocycles. The van der Waals surface area contributed by atoms with Crippen LogP contribution in [0.2, 0.25) is 0 Å². The van der Waals surface area contributed by atoms with Crippen molar-refractivity contribution in [1.29, 1.82) is 0 Å². The molecule has 2 atom stereocenters. The number of anilines is 1. The van der Waals surface area contributed by atoms with E-state index < -0.39 is 0 Å². The summed E-state index contributed by atoms with van der Waals surface area (Å²) in [6.07, 6.45) is 2.80. The Hall–Kier alpha value is -1.73. The molecule has 7 heteroatoms. The van der Waals surface area contributed by atoms with Crippen LogP contribution in [0.25, 0.3) is 0 Å². The lowest BCUT2D eigenvalue weighted by atomic mass is 9.88. The van der Waals surface area contributed by atoms with Gasteiger partial charge >= 0.3 is 0 Å². The van der Waals surface area contributed by atoms with Crippen LogP contribution in [-0.4, -0.2) is 18.1 Å². The summed E-state index contributed by atoms with van der Waals surface area (Å²) in [5.41, 5.74) is 2.85. The number of amides is 1. The van der Waals surface area contributed by atoms with Crippen molar-refractivity contribution < 1.29 is 14.6 Å². The van der Waals surface area contributed by atoms with Crippen LogP contribution in [0.1, 0.15) is 45.9 Å². The Morgan fingerprint density at radius 1 is 1.36 bits per heavy atom. The third kappa shape index (κ3) is 2.79. The fraction of sp³-hybridized carbons (Fsp3) is 0.389. The number of hydrogen-bond acceptors (Lipinski definition) is 5. The van der Waals surface area contributed by atoms with Gasteiger partial charge in [0.15, 0.2) is 11.5 Å². The first-order chi connectivity index (χ1) is 12.0. The zero-order valence-electron chi connectivity index (χ0n) is 14.0. The van der Waals surface area contributed by atoms with Gasteiger partial charge in [-0.3, -0.25) is 4.79 Å². The minimum atomic E-state index is -0.358. The highest BCUT2D eigenvalue weighted by molar-refractivity contribution is 9.10. The van der Waals surface area contributed by atoms with Gasteiger partial charge in [0.05, 0.1) is 17.1 Å². The van der Waals surface area contributed by atoms with E-state index in [0.717, 1.165) is 35.4 Å². The number of methoxy groups -OCH3 is 1. The predicted octanol–water partition coefficient (Wildman–Crippen LogP) is 4.20. The van der Waals surface area contributed by atoms with E-state index in [4.69, 9.17) is 4.74 Å². The SMILES string of the molecule is COc1cc(C2NC(=O)c3c(sc4c3CCC(C)C4)N2)cc(Br)c1O. The van der Waals surface area contributed by atoms with Gasteiger partial charge in [0, 0.05) is 4.88 Å². The molecule has 4 rings (SSSR count). The van der Waals surface area contributed by atoms with Crippen molar-refractivity contribution in [2.45, 2.75) is 32.4 Å². The second-order valence-corrected chi connectivity index (χ2v) is 8.62. The quantitative estimate of drug-likeness (QED) is 0.677. The predicted molar refractivity (Wildman–Crippen MR) is 102 cm³/mol. The Morgan fingerprint density at radius 3 is 2.92 bits per heavy atom. The zero-order chi connectivity index (χ0) is 17.7. The fourth-order valence-corrected chi connectivity index (χ4v) is 5.44. The van der Waals surface area contributed by atoms with E-state index in [1.54, 1.807) is 23.5 Å². The molecule has 0 bridgehead atoms. The maximum atomic E-state index is 12.8. The first-order valence-electron chi connectivity index (χ1n) is 8.26. The summed E-state index contributed by atoms with van der Waals surface area (Å²) in [4.78, 5) is 14.1. The molecule has 3 N–H and O–H groups in total. The van der Waals surface area contributed by atoms with Crippen LogP contribution < -0.4 is 15.4 Å². The molecule has 0 spiro atoms. The number of halogens is 1. The van der Waals surface area contributed by atoms with Crippen molar-refractivity contribution in [2.75, 3.05) is 12.4 Å². The first-order valence-corrected chi connectivity index (χ1v) is 9.87. The van der Waals surface area contributed by atoms with Crippen LogP contribution in [0.15, 0.2) is 16.6 Å². The lowest BCUT2D eigenvalue weighted by molar-refractivity contribution is 0.0935. The van der Waals surface area contributed by atoms with Crippen LogP contribution in [-0.2, 0) is 12.8 Å². The maximum Gasteiger partial charge on any atom is 0.256 e. The van der Waals surface area contributed by atoms with Gasteiger partial charge in [0.1, 0.15) is 11.2 Å². The highest BCUT2D eigenvalue weighted by atomic mass is 79.9. The Morgan fingerprint density at radius 2 is 2.16 bits per heavy atom. The van der Waals surface area contributed by atoms with Crippen LogP contribution in [0.5, 0.6) is 11.5 Å². The summed E-state index contributed by atoms with van der Waals surface area (Å²) in [6, 6.07) is 3.52. The summed E-state index contributed by atoms with van der Waals surface area (Å²) in [6.45, 7) is 2.26. The summed E-state index contributed by atoms with van der Waals surface area (Å²) < 4.78 is 5.74. The standard InChI is InChI=1S/C18H19BrN2O3S/c1-8-3-4-10-13(5-8)25-18-14(10)17(23)20-16(21-18)9-6-11(19)15(22)12(7-9)24-2/h6-8,16,21-22H,3-5H2,1-2H3,(H,20,23). The Kier molecular flexibility index (Phi) is 4.16. The summed E-state index contributed by atoms with van der Waals surface area (Å²) in [5, 5.41) is 17.4. The van der Waals surface area contributed by atoms with Crippen molar-refractivity contribution in [3.8, 4) is 11.5 Å². The lowest BCUT2D eigenvalue weighted by Crippen LogP contribution is -2.38. The average molecular weight is 423 g/mol. The number of phenolic OH excluding ortho intramolecular Hbond substituents is 1. The van der Waals surface area contributed by atoms with E-state index in [2.05, 4.69) is 33.5 Å². The van der Waals surface area contributed by atoms with E-state index in [1.807, 2.05) is 0 Å². The second-order valence-electron chi connectivity index (χ2n) is 6.66. The van der Waals surface area contributed by atoms with Gasteiger partial charge in [-0.25, -0.2) is 0 Å². The normalized spacial score (nSPS) is 21.8. The number of rotatable bonds is 2. The van der Waals surface area contributed by atoms with Crippen LogP contribution in [0.3, 0.4) is 0 Å². The molecule has 0 saturated carbocycles. The van der Waals surface area contributed by atoms with E-state index in [1.165, 1.54) is 17.6 Å². The van der Waals surface area contributed by atoms with Crippen molar-refractivity contribution in [3.05, 3.63) is 38.2 Å². The zero-order valence-corrected chi connectivity index (χ0v) is 16.4. The monoisotopic (exact) mass is 422 g/mol. The topological polar surface area (TPSA) is 70.6 Å². The number of thiophene rings is 1. The Bertz CT molecular complexity index is 864. The minimum absolute atomic E-state index is 0.0334. The molecule has 0 saturated heterocycles. The Balaban J connectivity index is 1.71. The number of benzene rings is 1. The summed E-state index contributed by atoms with van der Waals surface area (Å²) >= 11 is 5.03. The molecule has 2 aliphatic rings. The largest absolute Gasteiger partial charge is 0.503 e. The maximum absolute atomic E-state index is 12.8. The molecule has 1 aliphatic carbocycles.